The van der Waals surface area contributed by atoms with E-state index >= 15 is 0 Å². The molecule has 2 aromatic carbocycles. The largest absolute Gasteiger partial charge is 0.398 e. The monoisotopic (exact) mass is 322 g/mol. The highest BCUT2D eigenvalue weighted by molar-refractivity contribution is 6.02. The van der Waals surface area contributed by atoms with Gasteiger partial charge >= 0.3 is 0 Å². The molecule has 1 fully saturated rings. The SMILES string of the molecule is NC(=O)c1cccc(C=Nc2ccc(C3CCCNC3)cc2)c1N. The van der Waals surface area contributed by atoms with Crippen LogP contribution in [0.1, 0.15) is 40.2 Å². The van der Waals surface area contributed by atoms with Gasteiger partial charge in [0, 0.05) is 18.3 Å². The molecule has 0 saturated carbocycles. The van der Waals surface area contributed by atoms with E-state index in [1.54, 1.807) is 18.3 Å². The van der Waals surface area contributed by atoms with Gasteiger partial charge in [0.25, 0.3) is 5.91 Å². The van der Waals surface area contributed by atoms with Gasteiger partial charge in [-0.2, -0.15) is 0 Å². The maximum absolute atomic E-state index is 11.3. The normalized spacial score (nSPS) is 17.9. The number of carbonyl (C=O) groups is 1. The van der Waals surface area contributed by atoms with Gasteiger partial charge in [-0.25, -0.2) is 0 Å². The van der Waals surface area contributed by atoms with Gasteiger partial charge in [0.2, 0.25) is 0 Å². The number of nitrogens with one attached hydrogen (secondary N) is 1. The summed E-state index contributed by atoms with van der Waals surface area (Å²) in [4.78, 5) is 15.8. The number of amides is 1. The maximum atomic E-state index is 11.3. The number of aliphatic imine (C=N–C) groups is 1. The van der Waals surface area contributed by atoms with E-state index < -0.39 is 5.91 Å². The molecule has 5 nitrogen and oxygen atoms in total. The zero-order valence-corrected chi connectivity index (χ0v) is 13.5. The molecule has 1 amide bonds. The number of anilines is 1. The summed E-state index contributed by atoms with van der Waals surface area (Å²) >= 11 is 0. The van der Waals surface area contributed by atoms with Crippen molar-refractivity contribution in [3.8, 4) is 0 Å². The van der Waals surface area contributed by atoms with Crippen LogP contribution in [0.2, 0.25) is 0 Å². The summed E-state index contributed by atoms with van der Waals surface area (Å²) in [7, 11) is 0. The van der Waals surface area contributed by atoms with Crippen molar-refractivity contribution in [3.05, 3.63) is 59.2 Å². The third-order valence-electron chi connectivity index (χ3n) is 4.42. The summed E-state index contributed by atoms with van der Waals surface area (Å²) < 4.78 is 0. The second-order valence-corrected chi connectivity index (χ2v) is 6.07. The lowest BCUT2D eigenvalue weighted by Crippen LogP contribution is -2.28. The molecule has 1 aliphatic heterocycles. The fourth-order valence-electron chi connectivity index (χ4n) is 3.02. The number of hydrogen-bond acceptors (Lipinski definition) is 4. The molecule has 2 aromatic rings. The molecule has 0 aromatic heterocycles. The molecule has 1 saturated heterocycles. The van der Waals surface area contributed by atoms with Crippen LogP contribution in [0.5, 0.6) is 0 Å². The zero-order chi connectivity index (χ0) is 16.9. The first-order valence-corrected chi connectivity index (χ1v) is 8.18. The van der Waals surface area contributed by atoms with Crippen molar-refractivity contribution in [3.63, 3.8) is 0 Å². The number of hydrogen-bond donors (Lipinski definition) is 3. The van der Waals surface area contributed by atoms with Gasteiger partial charge in [0.05, 0.1) is 16.9 Å². The van der Waals surface area contributed by atoms with E-state index in [0.717, 1.165) is 18.8 Å². The molecule has 0 radical (unpaired) electrons. The number of para-hydroxylation sites is 1. The quantitative estimate of drug-likeness (QED) is 0.596. The minimum atomic E-state index is -0.534. The van der Waals surface area contributed by atoms with Crippen LogP contribution in [0.25, 0.3) is 0 Å². The van der Waals surface area contributed by atoms with Crippen molar-refractivity contribution in [2.75, 3.05) is 18.8 Å². The number of primary amides is 1. The molecular weight excluding hydrogens is 300 g/mol. The van der Waals surface area contributed by atoms with Crippen molar-refractivity contribution in [1.29, 1.82) is 0 Å². The van der Waals surface area contributed by atoms with Crippen molar-refractivity contribution < 1.29 is 4.79 Å². The van der Waals surface area contributed by atoms with Crippen molar-refractivity contribution in [2.45, 2.75) is 18.8 Å². The molecule has 1 heterocycles. The molecule has 1 aliphatic rings. The summed E-state index contributed by atoms with van der Waals surface area (Å²) in [5.74, 6) is 0.0490. The topological polar surface area (TPSA) is 93.5 Å². The molecule has 1 atom stereocenters. The number of carbonyl (C=O) groups excluding carboxylic acids is 1. The Morgan fingerprint density at radius 1 is 1.21 bits per heavy atom. The third-order valence-corrected chi connectivity index (χ3v) is 4.42. The van der Waals surface area contributed by atoms with Crippen molar-refractivity contribution >= 4 is 23.5 Å². The Kier molecular flexibility index (Phi) is 4.91. The van der Waals surface area contributed by atoms with Crippen LogP contribution < -0.4 is 16.8 Å². The van der Waals surface area contributed by atoms with E-state index in [1.165, 1.54) is 18.4 Å². The fourth-order valence-corrected chi connectivity index (χ4v) is 3.02. The Morgan fingerprint density at radius 3 is 2.67 bits per heavy atom. The van der Waals surface area contributed by atoms with E-state index in [-0.39, 0.29) is 0 Å². The highest BCUT2D eigenvalue weighted by Crippen LogP contribution is 2.25. The minimum absolute atomic E-state index is 0.319. The lowest BCUT2D eigenvalue weighted by molar-refractivity contribution is 0.100. The van der Waals surface area contributed by atoms with E-state index in [9.17, 15) is 4.79 Å². The Hall–Kier alpha value is -2.66. The first-order chi connectivity index (χ1) is 11.6. The van der Waals surface area contributed by atoms with E-state index in [0.29, 0.717) is 22.7 Å². The summed E-state index contributed by atoms with van der Waals surface area (Å²) in [6.45, 7) is 2.16. The van der Waals surface area contributed by atoms with Gasteiger partial charge in [0.15, 0.2) is 0 Å². The first kappa shape index (κ1) is 16.2. The molecule has 24 heavy (non-hydrogen) atoms. The van der Waals surface area contributed by atoms with Crippen molar-refractivity contribution in [2.24, 2.45) is 10.7 Å². The summed E-state index contributed by atoms with van der Waals surface area (Å²) in [5, 5.41) is 3.43. The molecule has 0 bridgehead atoms. The lowest BCUT2D eigenvalue weighted by Gasteiger charge is -2.23. The highest BCUT2D eigenvalue weighted by atomic mass is 16.1. The van der Waals surface area contributed by atoms with Gasteiger partial charge in [0.1, 0.15) is 0 Å². The molecule has 1 unspecified atom stereocenters. The second kappa shape index (κ2) is 7.27. The number of nitrogens with two attached hydrogens (primary N) is 2. The molecule has 5 heteroatoms. The van der Waals surface area contributed by atoms with Gasteiger partial charge in [-0.3, -0.25) is 9.79 Å². The van der Waals surface area contributed by atoms with Crippen LogP contribution in [-0.2, 0) is 0 Å². The van der Waals surface area contributed by atoms with Crippen LogP contribution >= 0.6 is 0 Å². The number of piperidine rings is 1. The summed E-state index contributed by atoms with van der Waals surface area (Å²) in [6, 6.07) is 13.5. The predicted molar refractivity (Wildman–Crippen MR) is 97.9 cm³/mol. The number of benzene rings is 2. The smallest absolute Gasteiger partial charge is 0.250 e. The Morgan fingerprint density at radius 2 is 2.00 bits per heavy atom. The van der Waals surface area contributed by atoms with E-state index in [1.807, 2.05) is 18.2 Å². The van der Waals surface area contributed by atoms with Gasteiger partial charge in [-0.1, -0.05) is 24.3 Å². The van der Waals surface area contributed by atoms with Gasteiger partial charge < -0.3 is 16.8 Å². The standard InChI is InChI=1S/C19H22N4O/c20-18-15(3-1-5-17(18)19(21)24)12-23-16-8-6-13(7-9-16)14-4-2-10-22-11-14/h1,3,5-9,12,14,22H,2,4,10-11,20H2,(H2,21,24). The molecule has 124 valence electrons. The van der Waals surface area contributed by atoms with Crippen LogP contribution in [0.3, 0.4) is 0 Å². The average molecular weight is 322 g/mol. The molecule has 3 rings (SSSR count). The van der Waals surface area contributed by atoms with Gasteiger partial charge in [-0.05, 0) is 49.1 Å². The van der Waals surface area contributed by atoms with Crippen molar-refractivity contribution in [1.82, 2.24) is 5.32 Å². The summed E-state index contributed by atoms with van der Waals surface area (Å²) in [6.07, 6.45) is 4.12. The highest BCUT2D eigenvalue weighted by Gasteiger charge is 2.14. The lowest BCUT2D eigenvalue weighted by atomic mass is 9.92. The fraction of sp³-hybridized carbons (Fsp3) is 0.263. The Bertz CT molecular complexity index is 746. The second-order valence-electron chi connectivity index (χ2n) is 6.07. The molecule has 0 aliphatic carbocycles. The van der Waals surface area contributed by atoms with E-state index in [2.05, 4.69) is 22.4 Å². The van der Waals surface area contributed by atoms with Gasteiger partial charge in [-0.15, -0.1) is 0 Å². The minimum Gasteiger partial charge on any atom is -0.398 e. The van der Waals surface area contributed by atoms with E-state index in [4.69, 9.17) is 11.5 Å². The number of nitrogen functional groups attached to an aromatic ring is 1. The van der Waals surface area contributed by atoms with Crippen LogP contribution in [0.4, 0.5) is 11.4 Å². The Labute approximate surface area is 141 Å². The first-order valence-electron chi connectivity index (χ1n) is 8.18. The zero-order valence-electron chi connectivity index (χ0n) is 13.5. The summed E-state index contributed by atoms with van der Waals surface area (Å²) in [5.41, 5.74) is 14.8. The molecular formula is C19H22N4O. The Balaban J connectivity index is 1.75. The van der Waals surface area contributed by atoms with Crippen LogP contribution in [0, 0.1) is 0 Å². The third kappa shape index (κ3) is 3.63. The molecule has 5 N–H and O–H groups in total. The van der Waals surface area contributed by atoms with Crippen LogP contribution in [-0.4, -0.2) is 25.2 Å². The number of nitrogens with zero attached hydrogens (tertiary/aromatic N) is 1. The predicted octanol–water partition coefficient (Wildman–Crippen LogP) is 2.59. The number of rotatable bonds is 4. The maximum Gasteiger partial charge on any atom is 0.250 e. The average Bonchev–Trinajstić information content (AvgIpc) is 2.62. The molecule has 0 spiro atoms. The van der Waals surface area contributed by atoms with Crippen LogP contribution in [0.15, 0.2) is 47.5 Å².